The van der Waals surface area contributed by atoms with Crippen molar-refractivity contribution in [2.75, 3.05) is 26.4 Å². The Kier molecular flexibility index (Phi) is 18.0. The molecule has 0 aliphatic carbocycles. The minimum Gasteiger partial charge on any atom is -0.493 e. The summed E-state index contributed by atoms with van der Waals surface area (Å²) >= 11 is 0. The first kappa shape index (κ1) is 60.7. The number of hydrogen-bond donors (Lipinski definition) is 0. The van der Waals surface area contributed by atoms with Gasteiger partial charge in [-0.2, -0.15) is 0 Å². The first-order valence-corrected chi connectivity index (χ1v) is 31.9. The van der Waals surface area contributed by atoms with Crippen molar-refractivity contribution in [3.8, 4) is 115 Å². The molecule has 478 valence electrons. The van der Waals surface area contributed by atoms with Crippen molar-refractivity contribution in [1.29, 1.82) is 0 Å². The van der Waals surface area contributed by atoms with Crippen LogP contribution in [0.4, 0.5) is 0 Å². The highest BCUT2D eigenvalue weighted by Crippen LogP contribution is 2.35. The molecule has 13 aromatic rings. The third-order valence-electron chi connectivity index (χ3n) is 16.0. The molecule has 0 spiro atoms. The zero-order valence-electron chi connectivity index (χ0n) is 52.5. The summed E-state index contributed by atoms with van der Waals surface area (Å²) in [6.45, 7) is 3.04. The lowest BCUT2D eigenvalue weighted by Crippen LogP contribution is -2.05. The number of fused-ring (bicyclic) bond motifs is 24. The zero-order valence-corrected chi connectivity index (χ0v) is 52.5. The molecule has 0 amide bonds. The van der Waals surface area contributed by atoms with Crippen LogP contribution in [0.15, 0.2) is 244 Å². The maximum Gasteiger partial charge on any atom is 0.248 e. The Morgan fingerprint density at radius 2 is 0.536 bits per heavy atom. The van der Waals surface area contributed by atoms with Crippen molar-refractivity contribution in [3.63, 3.8) is 0 Å². The van der Waals surface area contributed by atoms with E-state index >= 15 is 0 Å². The number of aromatic nitrogens is 6. The van der Waals surface area contributed by atoms with Gasteiger partial charge in [-0.15, -0.1) is 30.6 Å². The Bertz CT molecular complexity index is 4630. The van der Waals surface area contributed by atoms with E-state index in [1.54, 1.807) is 0 Å². The fourth-order valence-electron chi connectivity index (χ4n) is 11.0. The molecule has 0 unspecified atom stereocenters. The largest absolute Gasteiger partial charge is 0.493 e. The third-order valence-corrected chi connectivity index (χ3v) is 16.0. The van der Waals surface area contributed by atoms with Crippen LogP contribution in [-0.4, -0.2) is 57.0 Å². The van der Waals surface area contributed by atoms with Gasteiger partial charge in [0.25, 0.3) is 0 Å². The Morgan fingerprint density at radius 3 is 0.887 bits per heavy atom. The van der Waals surface area contributed by atoms with Crippen LogP contribution < -0.4 is 37.9 Å². The van der Waals surface area contributed by atoms with E-state index in [2.05, 4.69) is 30.6 Å². The molecule has 0 N–H and O–H groups in total. The molecule has 0 radical (unpaired) electrons. The van der Waals surface area contributed by atoms with Gasteiger partial charge in [-0.25, -0.2) is 0 Å². The topological polar surface area (TPSA) is 191 Å². The summed E-state index contributed by atoms with van der Waals surface area (Å²) < 4.78 is 68.8. The van der Waals surface area contributed by atoms with Gasteiger partial charge in [0.1, 0.15) is 72.4 Å². The van der Waals surface area contributed by atoms with Crippen LogP contribution in [0.3, 0.4) is 0 Å². The second-order valence-electron chi connectivity index (χ2n) is 23.1. The minimum atomic E-state index is 0.270. The minimum absolute atomic E-state index is 0.270. The van der Waals surface area contributed by atoms with Gasteiger partial charge in [-0.1, -0.05) is 109 Å². The monoisotopic (exact) mass is 1280 g/mol. The van der Waals surface area contributed by atoms with Gasteiger partial charge in [0, 0.05) is 81.6 Å². The zero-order chi connectivity index (χ0) is 65.0. The molecule has 10 aromatic carbocycles. The highest BCUT2D eigenvalue weighted by molar-refractivity contribution is 5.76. The Hall–Kier alpha value is -12.5. The number of rotatable bonds is 6. The summed E-state index contributed by atoms with van der Waals surface area (Å²) in [6.07, 6.45) is 9.43. The Labute approximate surface area is 558 Å². The van der Waals surface area contributed by atoms with E-state index in [-0.39, 0.29) is 13.2 Å². The van der Waals surface area contributed by atoms with Gasteiger partial charge >= 0.3 is 0 Å². The van der Waals surface area contributed by atoms with Crippen molar-refractivity contribution in [1.82, 2.24) is 30.6 Å². The SMILES string of the molecule is C(=C\c1ccc2cc1OCc1cccc(c1)-c1nnc(o1)-c1cccc(c1)COc1cccc(c1)OCCCO2)/c1ccc(-c2nnc(-c3ccc(/C=C/c4ccc5cc4OCc4cccc(c4)-c4nnc(o4)-c4cccc(c4)COc4cccc(c4)OCCCO5)cc3)o2)cc1. The lowest BCUT2D eigenvalue weighted by molar-refractivity contribution is 0.244. The molecule has 2 aliphatic rings. The van der Waals surface area contributed by atoms with Crippen molar-refractivity contribution < 1.29 is 51.1 Å². The summed E-state index contributed by atoms with van der Waals surface area (Å²) in [6, 6.07) is 74.4. The van der Waals surface area contributed by atoms with E-state index in [0.717, 1.165) is 77.9 Å². The average molecular weight is 1280 g/mol. The highest BCUT2D eigenvalue weighted by Gasteiger charge is 2.18. The van der Waals surface area contributed by atoms with Gasteiger partial charge in [0.15, 0.2) is 0 Å². The van der Waals surface area contributed by atoms with E-state index in [9.17, 15) is 0 Å². The normalized spacial score (nSPS) is 13.5. The summed E-state index contributed by atoms with van der Waals surface area (Å²) in [5.74, 6) is 7.87. The van der Waals surface area contributed by atoms with Crippen LogP contribution in [0.25, 0.3) is 93.0 Å². The lowest BCUT2D eigenvalue weighted by atomic mass is 10.1. The predicted octanol–water partition coefficient (Wildman–Crippen LogP) is 17.8. The Balaban J connectivity index is 0.610. The molecule has 2 aliphatic heterocycles. The van der Waals surface area contributed by atoms with Crippen molar-refractivity contribution >= 4 is 24.3 Å². The van der Waals surface area contributed by atoms with Gasteiger partial charge in [-0.05, 0) is 155 Å². The summed E-state index contributed by atoms with van der Waals surface area (Å²) in [7, 11) is 0. The van der Waals surface area contributed by atoms with E-state index in [0.29, 0.717) is 134 Å². The van der Waals surface area contributed by atoms with Crippen LogP contribution in [0.2, 0.25) is 0 Å². The summed E-state index contributed by atoms with van der Waals surface area (Å²) in [5.41, 5.74) is 12.1. The number of ether oxygens (including phenoxy) is 8. The van der Waals surface area contributed by atoms with Gasteiger partial charge in [0.05, 0.1) is 26.4 Å². The molecule has 0 saturated heterocycles. The molecule has 0 atom stereocenters. The van der Waals surface area contributed by atoms with E-state index in [1.165, 1.54) is 0 Å². The van der Waals surface area contributed by atoms with Gasteiger partial charge < -0.3 is 51.1 Å². The molecule has 0 saturated carbocycles. The first-order valence-electron chi connectivity index (χ1n) is 31.9. The van der Waals surface area contributed by atoms with Gasteiger partial charge in [-0.3, -0.25) is 0 Å². The Morgan fingerprint density at radius 1 is 0.237 bits per heavy atom. The second-order valence-corrected chi connectivity index (χ2v) is 23.1. The number of benzene rings is 10. The van der Waals surface area contributed by atoms with Crippen molar-refractivity contribution in [2.24, 2.45) is 0 Å². The van der Waals surface area contributed by atoms with E-state index < -0.39 is 0 Å². The smallest absolute Gasteiger partial charge is 0.248 e. The highest BCUT2D eigenvalue weighted by atomic mass is 16.5. The summed E-state index contributed by atoms with van der Waals surface area (Å²) in [4.78, 5) is 0. The molecule has 17 nitrogen and oxygen atoms in total. The molecule has 0 fully saturated rings. The molecular formula is C80H62N6O11. The van der Waals surface area contributed by atoms with Crippen LogP contribution in [0.5, 0.6) is 46.0 Å². The van der Waals surface area contributed by atoms with E-state index in [1.807, 2.05) is 255 Å². The molecule has 20 bridgehead atoms. The van der Waals surface area contributed by atoms with Crippen molar-refractivity contribution in [3.05, 3.63) is 275 Å². The number of hydrogen-bond acceptors (Lipinski definition) is 17. The van der Waals surface area contributed by atoms with Crippen LogP contribution in [-0.2, 0) is 26.4 Å². The van der Waals surface area contributed by atoms with Crippen molar-refractivity contribution in [2.45, 2.75) is 39.3 Å². The maximum atomic E-state index is 6.58. The van der Waals surface area contributed by atoms with E-state index in [4.69, 9.17) is 51.1 Å². The number of nitrogens with zero attached hydrogens (tertiary/aromatic N) is 6. The predicted molar refractivity (Wildman–Crippen MR) is 368 cm³/mol. The molecule has 5 heterocycles. The molecule has 3 aromatic heterocycles. The average Bonchev–Trinajstić information content (AvgIpc) is 1.61. The van der Waals surface area contributed by atoms with Gasteiger partial charge in [0.2, 0.25) is 35.3 Å². The van der Waals surface area contributed by atoms with Crippen LogP contribution >= 0.6 is 0 Å². The molecule has 97 heavy (non-hydrogen) atoms. The summed E-state index contributed by atoms with van der Waals surface area (Å²) in [5, 5.41) is 26.5. The lowest BCUT2D eigenvalue weighted by Gasteiger charge is -2.13. The standard InChI is InChI=1S/C80H62N6O11/c1-9-55-41-63(13-1)77-83-85-79(96-77)65-15-3-11-57(43-65)51-93-73-47-71(89-39-7-37-87-67-17-5-19-69(45-67)91-49-55)35-33-59(73)27-21-53-23-29-61(30-24-53)75-81-82-76(95-75)62-31-25-54(26-32-62)22-28-60-34-36-72-48-74(60)94-52-58-12-4-16-66(44-58)80-86-84-78(97-80)64-14-2-10-56(42-64)50-92-70-20-6-18-68(46-70)88-38-8-40-90-72/h1-6,9-36,41-48H,7-8,37-40,49-52H2/b27-21+,28-22+. The fourth-order valence-corrected chi connectivity index (χ4v) is 11.0. The fraction of sp³-hybridized carbons (Fsp3) is 0.125. The molecule has 17 heteroatoms. The quantitative estimate of drug-likeness (QED) is 0.143. The molecule has 15 rings (SSSR count). The maximum absolute atomic E-state index is 6.58. The van der Waals surface area contributed by atoms with Crippen LogP contribution in [0, 0.1) is 0 Å². The molecular weight excluding hydrogens is 1220 g/mol. The van der Waals surface area contributed by atoms with Crippen LogP contribution in [0.1, 0.15) is 57.3 Å². The third kappa shape index (κ3) is 15.3. The first-order chi connectivity index (χ1) is 47.9. The second kappa shape index (κ2) is 28.8.